The molecular formula is C16H13N. The maximum atomic E-state index is 5.70. The molecule has 0 aliphatic carbocycles. The van der Waals surface area contributed by atoms with Gasteiger partial charge in [-0.2, -0.15) is 0 Å². The van der Waals surface area contributed by atoms with Crippen molar-refractivity contribution in [1.82, 2.24) is 0 Å². The maximum Gasteiger partial charge on any atom is 0.0314 e. The number of nitrogens with two attached hydrogens (primary N) is 1. The van der Waals surface area contributed by atoms with Crippen molar-refractivity contribution in [3.63, 3.8) is 0 Å². The van der Waals surface area contributed by atoms with Gasteiger partial charge in [-0.05, 0) is 40.1 Å². The smallest absolute Gasteiger partial charge is 0.0314 e. The largest absolute Gasteiger partial charge is 0.399 e. The summed E-state index contributed by atoms with van der Waals surface area (Å²) in [5, 5.41) is 2.54. The number of nitrogen functional groups attached to an aromatic ring is 1. The molecule has 0 saturated carbocycles. The van der Waals surface area contributed by atoms with Crippen LogP contribution in [0.5, 0.6) is 0 Å². The fourth-order valence-electron chi connectivity index (χ4n) is 2.04. The number of hydrogen-bond donors (Lipinski definition) is 1. The fraction of sp³-hybridized carbons (Fsp3) is 0. The number of rotatable bonds is 1. The molecule has 0 spiro atoms. The second-order valence-corrected chi connectivity index (χ2v) is 4.18. The van der Waals surface area contributed by atoms with Gasteiger partial charge in [-0.1, -0.05) is 48.5 Å². The van der Waals surface area contributed by atoms with E-state index in [1.54, 1.807) is 0 Å². The van der Waals surface area contributed by atoms with Gasteiger partial charge in [0.1, 0.15) is 0 Å². The molecule has 0 aliphatic rings. The third-order valence-corrected chi connectivity index (χ3v) is 2.99. The molecule has 0 fully saturated rings. The summed E-state index contributed by atoms with van der Waals surface area (Å²) in [7, 11) is 0. The SMILES string of the molecule is Nc1ccc(-c2ccc3ccccc3c2)cc1. The molecule has 3 aromatic carbocycles. The molecule has 17 heavy (non-hydrogen) atoms. The summed E-state index contributed by atoms with van der Waals surface area (Å²) in [5.41, 5.74) is 8.92. The van der Waals surface area contributed by atoms with Gasteiger partial charge >= 0.3 is 0 Å². The van der Waals surface area contributed by atoms with Crippen LogP contribution in [0.1, 0.15) is 0 Å². The van der Waals surface area contributed by atoms with Gasteiger partial charge < -0.3 is 5.73 Å². The number of benzene rings is 3. The monoisotopic (exact) mass is 219 g/mol. The first kappa shape index (κ1) is 9.91. The Morgan fingerprint density at radius 1 is 0.588 bits per heavy atom. The second kappa shape index (κ2) is 3.95. The lowest BCUT2D eigenvalue weighted by Crippen LogP contribution is -1.84. The number of hydrogen-bond acceptors (Lipinski definition) is 1. The predicted octanol–water partition coefficient (Wildman–Crippen LogP) is 4.09. The standard InChI is InChI=1S/C16H13N/c17-16-9-7-13(8-10-16)15-6-5-12-3-1-2-4-14(12)11-15/h1-11H,17H2. The zero-order chi connectivity index (χ0) is 11.7. The van der Waals surface area contributed by atoms with E-state index in [0.29, 0.717) is 0 Å². The third-order valence-electron chi connectivity index (χ3n) is 2.99. The first-order chi connectivity index (χ1) is 8.33. The van der Waals surface area contributed by atoms with Crippen LogP contribution in [-0.2, 0) is 0 Å². The van der Waals surface area contributed by atoms with E-state index in [1.165, 1.54) is 21.9 Å². The van der Waals surface area contributed by atoms with Crippen LogP contribution in [0.2, 0.25) is 0 Å². The molecular weight excluding hydrogens is 206 g/mol. The van der Waals surface area contributed by atoms with Crippen LogP contribution in [0, 0.1) is 0 Å². The predicted molar refractivity (Wildman–Crippen MR) is 73.8 cm³/mol. The van der Waals surface area contributed by atoms with Gasteiger partial charge in [0.05, 0.1) is 0 Å². The van der Waals surface area contributed by atoms with Crippen molar-refractivity contribution in [2.24, 2.45) is 0 Å². The van der Waals surface area contributed by atoms with Crippen molar-refractivity contribution < 1.29 is 0 Å². The minimum Gasteiger partial charge on any atom is -0.399 e. The Hall–Kier alpha value is -2.28. The fourth-order valence-corrected chi connectivity index (χ4v) is 2.04. The van der Waals surface area contributed by atoms with E-state index < -0.39 is 0 Å². The van der Waals surface area contributed by atoms with Gasteiger partial charge in [-0.15, -0.1) is 0 Å². The van der Waals surface area contributed by atoms with Crippen molar-refractivity contribution in [3.8, 4) is 11.1 Å². The lowest BCUT2D eigenvalue weighted by atomic mass is 10.0. The van der Waals surface area contributed by atoms with E-state index in [4.69, 9.17) is 5.73 Å². The minimum absolute atomic E-state index is 0.800. The van der Waals surface area contributed by atoms with Crippen LogP contribution < -0.4 is 5.73 Å². The second-order valence-electron chi connectivity index (χ2n) is 4.18. The topological polar surface area (TPSA) is 26.0 Å². The Kier molecular flexibility index (Phi) is 2.30. The van der Waals surface area contributed by atoms with Gasteiger partial charge in [0.2, 0.25) is 0 Å². The molecule has 0 bridgehead atoms. The van der Waals surface area contributed by atoms with Crippen molar-refractivity contribution in [3.05, 3.63) is 66.7 Å². The lowest BCUT2D eigenvalue weighted by molar-refractivity contribution is 1.63. The van der Waals surface area contributed by atoms with Gasteiger partial charge in [-0.3, -0.25) is 0 Å². The Labute approximate surface area is 101 Å². The molecule has 3 rings (SSSR count). The number of fused-ring (bicyclic) bond motifs is 1. The van der Waals surface area contributed by atoms with Crippen LogP contribution in [-0.4, -0.2) is 0 Å². The Morgan fingerprint density at radius 3 is 2.00 bits per heavy atom. The van der Waals surface area contributed by atoms with E-state index >= 15 is 0 Å². The Bertz CT molecular complexity index is 654. The lowest BCUT2D eigenvalue weighted by Gasteiger charge is -2.04. The average Bonchev–Trinajstić information content (AvgIpc) is 2.39. The maximum absolute atomic E-state index is 5.70. The molecule has 82 valence electrons. The highest BCUT2D eigenvalue weighted by Crippen LogP contribution is 2.24. The molecule has 0 unspecified atom stereocenters. The van der Waals surface area contributed by atoms with Crippen LogP contribution in [0.25, 0.3) is 21.9 Å². The highest BCUT2D eigenvalue weighted by molar-refractivity contribution is 5.87. The summed E-state index contributed by atoms with van der Waals surface area (Å²) in [6.45, 7) is 0. The molecule has 0 aromatic heterocycles. The van der Waals surface area contributed by atoms with Gasteiger partial charge in [0.15, 0.2) is 0 Å². The van der Waals surface area contributed by atoms with Crippen LogP contribution in [0.4, 0.5) is 5.69 Å². The summed E-state index contributed by atoms with van der Waals surface area (Å²) < 4.78 is 0. The average molecular weight is 219 g/mol. The molecule has 0 amide bonds. The van der Waals surface area contributed by atoms with Crippen LogP contribution >= 0.6 is 0 Å². The third kappa shape index (κ3) is 1.87. The van der Waals surface area contributed by atoms with Crippen molar-refractivity contribution >= 4 is 16.5 Å². The van der Waals surface area contributed by atoms with Gasteiger partial charge in [0, 0.05) is 5.69 Å². The molecule has 0 radical (unpaired) electrons. The van der Waals surface area contributed by atoms with Crippen molar-refractivity contribution in [2.75, 3.05) is 5.73 Å². The molecule has 3 aromatic rings. The molecule has 0 aliphatic heterocycles. The summed E-state index contributed by atoms with van der Waals surface area (Å²) in [6, 6.07) is 22.9. The zero-order valence-corrected chi connectivity index (χ0v) is 9.43. The normalized spacial score (nSPS) is 10.6. The highest BCUT2D eigenvalue weighted by Gasteiger charge is 1.98. The molecule has 2 N–H and O–H groups in total. The first-order valence-corrected chi connectivity index (χ1v) is 5.68. The van der Waals surface area contributed by atoms with E-state index in [-0.39, 0.29) is 0 Å². The highest BCUT2D eigenvalue weighted by atomic mass is 14.5. The summed E-state index contributed by atoms with van der Waals surface area (Å²) in [6.07, 6.45) is 0. The molecule has 1 nitrogen and oxygen atoms in total. The number of anilines is 1. The van der Waals surface area contributed by atoms with Gasteiger partial charge in [-0.25, -0.2) is 0 Å². The molecule has 1 heteroatoms. The quantitative estimate of drug-likeness (QED) is 0.613. The summed E-state index contributed by atoms with van der Waals surface area (Å²) >= 11 is 0. The van der Waals surface area contributed by atoms with Crippen LogP contribution in [0.15, 0.2) is 66.7 Å². The minimum atomic E-state index is 0.800. The van der Waals surface area contributed by atoms with E-state index in [1.807, 2.05) is 12.1 Å². The summed E-state index contributed by atoms with van der Waals surface area (Å²) in [4.78, 5) is 0. The molecule has 0 saturated heterocycles. The van der Waals surface area contributed by atoms with Crippen LogP contribution in [0.3, 0.4) is 0 Å². The zero-order valence-electron chi connectivity index (χ0n) is 9.43. The molecule has 0 atom stereocenters. The Balaban J connectivity index is 2.14. The van der Waals surface area contributed by atoms with Crippen molar-refractivity contribution in [2.45, 2.75) is 0 Å². The molecule has 0 heterocycles. The first-order valence-electron chi connectivity index (χ1n) is 5.68. The van der Waals surface area contributed by atoms with E-state index in [9.17, 15) is 0 Å². The summed E-state index contributed by atoms with van der Waals surface area (Å²) in [5.74, 6) is 0. The van der Waals surface area contributed by atoms with E-state index in [2.05, 4.69) is 54.6 Å². The van der Waals surface area contributed by atoms with Gasteiger partial charge in [0.25, 0.3) is 0 Å². The van der Waals surface area contributed by atoms with Crippen molar-refractivity contribution in [1.29, 1.82) is 0 Å². The van der Waals surface area contributed by atoms with E-state index in [0.717, 1.165) is 5.69 Å². The Morgan fingerprint density at radius 2 is 1.24 bits per heavy atom.